The van der Waals surface area contributed by atoms with Gasteiger partial charge in [-0.2, -0.15) is 0 Å². The monoisotopic (exact) mass is 371 g/mol. The predicted molar refractivity (Wildman–Crippen MR) is 116 cm³/mol. The number of hydroxylamine groups is 3. The van der Waals surface area contributed by atoms with Gasteiger partial charge in [0.15, 0.2) is 0 Å². The fourth-order valence-electron chi connectivity index (χ4n) is 3.49. The van der Waals surface area contributed by atoms with Gasteiger partial charge in [-0.15, -0.1) is 4.65 Å². The number of benzene rings is 3. The fourth-order valence-corrected chi connectivity index (χ4v) is 3.49. The number of rotatable bonds is 6. The minimum Gasteiger partial charge on any atom is -0.333 e. The van der Waals surface area contributed by atoms with E-state index in [1.807, 2.05) is 0 Å². The van der Waals surface area contributed by atoms with Gasteiger partial charge in [0.05, 0.1) is 11.2 Å². The minimum atomic E-state index is 0.471. The van der Waals surface area contributed by atoms with E-state index < -0.39 is 0 Å². The summed E-state index contributed by atoms with van der Waals surface area (Å²) in [5.74, 6) is 0.949. The molecule has 0 atom stereocenters. The lowest BCUT2D eigenvalue weighted by Crippen LogP contribution is -2.42. The smallest absolute Gasteiger partial charge is 0.223 e. The predicted octanol–water partition coefficient (Wildman–Crippen LogP) is 5.75. The van der Waals surface area contributed by atoms with Crippen molar-refractivity contribution in [3.63, 3.8) is 0 Å². The van der Waals surface area contributed by atoms with Crippen molar-refractivity contribution in [2.75, 3.05) is 20.6 Å². The van der Waals surface area contributed by atoms with Crippen LogP contribution in [0.4, 0.5) is 0 Å². The molecule has 4 rings (SSSR count). The number of nitrogens with zero attached hydrogens (tertiary/aromatic N) is 2. The molecule has 0 bridgehead atoms. The van der Waals surface area contributed by atoms with E-state index in [9.17, 15) is 0 Å². The molecule has 28 heavy (non-hydrogen) atoms. The summed E-state index contributed by atoms with van der Waals surface area (Å²) in [6.45, 7) is 3.83. The molecule has 0 saturated heterocycles. The van der Waals surface area contributed by atoms with Crippen molar-refractivity contribution in [1.82, 2.24) is 4.57 Å². The lowest BCUT2D eigenvalue weighted by atomic mass is 10.1. The van der Waals surface area contributed by atoms with Gasteiger partial charge in [0.1, 0.15) is 20.6 Å². The first kappa shape index (κ1) is 18.3. The van der Waals surface area contributed by atoms with Crippen LogP contribution < -0.4 is 4.84 Å². The van der Waals surface area contributed by atoms with Crippen LogP contribution in [0.25, 0.3) is 22.2 Å². The lowest BCUT2D eigenvalue weighted by Gasteiger charge is -2.26. The van der Waals surface area contributed by atoms with Crippen LogP contribution in [0.5, 0.6) is 5.75 Å². The van der Waals surface area contributed by atoms with E-state index >= 15 is 0 Å². The first-order chi connectivity index (χ1) is 13.6. The summed E-state index contributed by atoms with van der Waals surface area (Å²) < 4.78 is 2.85. The van der Waals surface area contributed by atoms with Gasteiger partial charge in [0.2, 0.25) is 5.75 Å². The van der Waals surface area contributed by atoms with Gasteiger partial charge in [-0.1, -0.05) is 72.8 Å². The molecule has 1 aromatic heterocycles. The molecule has 3 heteroatoms. The molecular weight excluding hydrogens is 344 g/mol. The molecule has 3 aromatic carbocycles. The van der Waals surface area contributed by atoms with E-state index in [2.05, 4.69) is 111 Å². The topological polar surface area (TPSA) is 14.2 Å². The molecule has 0 radical (unpaired) electrons. The molecule has 0 fully saturated rings. The average molecular weight is 372 g/mol. The van der Waals surface area contributed by atoms with Crippen LogP contribution in [0.3, 0.4) is 0 Å². The Labute approximate surface area is 167 Å². The van der Waals surface area contributed by atoms with E-state index in [-0.39, 0.29) is 0 Å². The highest BCUT2D eigenvalue weighted by atomic mass is 16.7. The van der Waals surface area contributed by atoms with Crippen molar-refractivity contribution in [2.24, 2.45) is 0 Å². The Morgan fingerprint density at radius 2 is 1.39 bits per heavy atom. The molecule has 142 valence electrons. The van der Waals surface area contributed by atoms with Crippen molar-refractivity contribution in [2.45, 2.75) is 13.5 Å². The third-order valence-electron chi connectivity index (χ3n) is 5.26. The third-order valence-corrected chi connectivity index (χ3v) is 5.26. The van der Waals surface area contributed by atoms with Crippen LogP contribution in [-0.2, 0) is 6.54 Å². The van der Waals surface area contributed by atoms with Gasteiger partial charge in [0.25, 0.3) is 0 Å². The summed E-state index contributed by atoms with van der Waals surface area (Å²) in [6.07, 6.45) is 0. The molecular formula is C25H27N2O+. The second-order valence-corrected chi connectivity index (χ2v) is 7.61. The van der Waals surface area contributed by atoms with Gasteiger partial charge in [-0.25, -0.2) is 0 Å². The molecule has 4 aromatic rings. The van der Waals surface area contributed by atoms with Crippen molar-refractivity contribution in [1.29, 1.82) is 0 Å². The number of fused-ring (bicyclic) bond motifs is 1. The Morgan fingerprint density at radius 3 is 2.07 bits per heavy atom. The van der Waals surface area contributed by atoms with Crippen LogP contribution >= 0.6 is 0 Å². The van der Waals surface area contributed by atoms with Gasteiger partial charge in [0, 0.05) is 17.5 Å². The molecule has 0 unspecified atom stereocenters. The normalized spacial score (nSPS) is 11.7. The highest BCUT2D eigenvalue weighted by Gasteiger charge is 2.26. The number of quaternary nitrogens is 1. The van der Waals surface area contributed by atoms with Gasteiger partial charge >= 0.3 is 0 Å². The van der Waals surface area contributed by atoms with Gasteiger partial charge < -0.3 is 9.40 Å². The Bertz CT molecular complexity index is 1070. The average Bonchev–Trinajstić information content (AvgIpc) is 3.02. The van der Waals surface area contributed by atoms with E-state index in [1.165, 1.54) is 16.6 Å². The van der Waals surface area contributed by atoms with E-state index in [4.69, 9.17) is 4.84 Å². The van der Waals surface area contributed by atoms with Crippen LogP contribution in [0.1, 0.15) is 12.5 Å². The molecule has 0 spiro atoms. The summed E-state index contributed by atoms with van der Waals surface area (Å²) >= 11 is 0. The fraction of sp³-hybridized carbons (Fsp3) is 0.200. The Morgan fingerprint density at radius 1 is 0.786 bits per heavy atom. The molecule has 0 aliphatic heterocycles. The Kier molecular flexibility index (Phi) is 4.93. The van der Waals surface area contributed by atoms with Crippen molar-refractivity contribution >= 4 is 10.9 Å². The number of aromatic nitrogens is 1. The van der Waals surface area contributed by atoms with Crippen molar-refractivity contribution in [3.05, 3.63) is 90.5 Å². The first-order valence-electron chi connectivity index (χ1n) is 9.82. The molecule has 3 nitrogen and oxygen atoms in total. The summed E-state index contributed by atoms with van der Waals surface area (Å²) in [5, 5.41) is 1.15. The molecule has 0 N–H and O–H groups in total. The third kappa shape index (κ3) is 3.54. The molecule has 0 aliphatic carbocycles. The maximum absolute atomic E-state index is 6.58. The standard InChI is InChI=1S/C25H27N2O/c1-4-27(2,3)28-25-22-17-11-12-18-23(22)26(19-20-13-7-5-8-14-20)24(25)21-15-9-6-10-16-21/h5-18H,4,19H2,1-3H3/q+1. The largest absolute Gasteiger partial charge is 0.333 e. The molecule has 0 aliphatic rings. The first-order valence-corrected chi connectivity index (χ1v) is 9.82. The number of hydrogen-bond acceptors (Lipinski definition) is 1. The van der Waals surface area contributed by atoms with Crippen LogP contribution in [0.15, 0.2) is 84.9 Å². The van der Waals surface area contributed by atoms with Crippen molar-refractivity contribution < 1.29 is 9.48 Å². The molecule has 1 heterocycles. The minimum absolute atomic E-state index is 0.471. The summed E-state index contributed by atoms with van der Waals surface area (Å²) in [6, 6.07) is 29.7. The highest BCUT2D eigenvalue weighted by molar-refractivity contribution is 5.95. The van der Waals surface area contributed by atoms with Crippen LogP contribution in [-0.4, -0.2) is 29.9 Å². The summed E-state index contributed by atoms with van der Waals surface area (Å²) in [4.78, 5) is 6.58. The summed E-state index contributed by atoms with van der Waals surface area (Å²) in [5.41, 5.74) is 4.76. The SMILES string of the molecule is CC[N+](C)(C)Oc1c(-c2ccccc2)n(Cc2ccccc2)c2ccccc12. The second-order valence-electron chi connectivity index (χ2n) is 7.61. The maximum Gasteiger partial charge on any atom is 0.223 e. The van der Waals surface area contributed by atoms with Crippen LogP contribution in [0.2, 0.25) is 0 Å². The molecule has 0 saturated carbocycles. The quantitative estimate of drug-likeness (QED) is 0.311. The zero-order chi connectivity index (χ0) is 19.6. The number of hydrogen-bond donors (Lipinski definition) is 0. The van der Waals surface area contributed by atoms with Gasteiger partial charge in [-0.05, 0) is 24.6 Å². The van der Waals surface area contributed by atoms with E-state index in [0.29, 0.717) is 4.65 Å². The van der Waals surface area contributed by atoms with Crippen LogP contribution in [0, 0.1) is 0 Å². The zero-order valence-electron chi connectivity index (χ0n) is 16.8. The zero-order valence-corrected chi connectivity index (χ0v) is 16.8. The highest BCUT2D eigenvalue weighted by Crippen LogP contribution is 2.41. The van der Waals surface area contributed by atoms with E-state index in [1.54, 1.807) is 0 Å². The summed E-state index contributed by atoms with van der Waals surface area (Å²) in [7, 11) is 4.19. The Hall–Kier alpha value is -3.04. The Balaban J connectivity index is 1.98. The second kappa shape index (κ2) is 7.53. The maximum atomic E-state index is 6.58. The van der Waals surface area contributed by atoms with Crippen molar-refractivity contribution in [3.8, 4) is 17.0 Å². The van der Waals surface area contributed by atoms with E-state index in [0.717, 1.165) is 29.9 Å². The molecule has 0 amide bonds. The number of para-hydroxylation sites is 1. The van der Waals surface area contributed by atoms with Gasteiger partial charge in [-0.3, -0.25) is 0 Å². The lowest BCUT2D eigenvalue weighted by molar-refractivity contribution is -1.05.